The van der Waals surface area contributed by atoms with Crippen molar-refractivity contribution in [2.45, 2.75) is 13.5 Å². The maximum atomic E-state index is 12.8. The van der Waals surface area contributed by atoms with Gasteiger partial charge in [-0.1, -0.05) is 58.4 Å². The second-order valence-electron chi connectivity index (χ2n) is 7.75. The van der Waals surface area contributed by atoms with Gasteiger partial charge in [-0.2, -0.15) is 0 Å². The third kappa shape index (κ3) is 5.71. The van der Waals surface area contributed by atoms with Crippen molar-refractivity contribution in [1.29, 1.82) is 0 Å². The predicted molar refractivity (Wildman–Crippen MR) is 133 cm³/mol. The van der Waals surface area contributed by atoms with E-state index in [-0.39, 0.29) is 5.70 Å². The van der Waals surface area contributed by atoms with Crippen LogP contribution >= 0.6 is 15.9 Å². The molecule has 0 aromatic heterocycles. The number of urea groups is 1. The lowest BCUT2D eigenvalue weighted by molar-refractivity contribution is -0.127. The van der Waals surface area contributed by atoms with E-state index >= 15 is 0 Å². The van der Waals surface area contributed by atoms with Crippen LogP contribution in [0, 0.1) is 6.92 Å². The van der Waals surface area contributed by atoms with Crippen LogP contribution in [0.25, 0.3) is 6.08 Å². The second-order valence-corrected chi connectivity index (χ2v) is 8.67. The summed E-state index contributed by atoms with van der Waals surface area (Å²) in [6.07, 6.45) is 1.55. The van der Waals surface area contributed by atoms with Crippen molar-refractivity contribution >= 4 is 45.5 Å². The number of carbonyl (C=O) groups excluding carboxylic acids is 3. The topological polar surface area (TPSA) is 87.7 Å². The molecule has 0 atom stereocenters. The zero-order chi connectivity index (χ0) is 24.1. The van der Waals surface area contributed by atoms with E-state index in [2.05, 4.69) is 26.6 Å². The van der Waals surface area contributed by atoms with Crippen LogP contribution in [0.2, 0.25) is 0 Å². The lowest BCUT2D eigenvalue weighted by Gasteiger charge is -2.12. The molecule has 0 aliphatic carbocycles. The van der Waals surface area contributed by atoms with Crippen LogP contribution in [0.5, 0.6) is 5.75 Å². The summed E-state index contributed by atoms with van der Waals surface area (Å²) in [5.74, 6) is -0.476. The monoisotopic (exact) mass is 519 g/mol. The number of ether oxygens (including phenoxy) is 1. The predicted octanol–water partition coefficient (Wildman–Crippen LogP) is 4.87. The number of halogens is 1. The summed E-state index contributed by atoms with van der Waals surface area (Å²) in [7, 11) is 0. The first-order valence-electron chi connectivity index (χ1n) is 10.6. The molecule has 0 radical (unpaired) electrons. The Morgan fingerprint density at radius 2 is 1.82 bits per heavy atom. The highest BCUT2D eigenvalue weighted by molar-refractivity contribution is 9.10. The van der Waals surface area contributed by atoms with E-state index in [0.29, 0.717) is 23.6 Å². The number of amides is 4. The molecule has 1 aliphatic rings. The minimum Gasteiger partial charge on any atom is -0.488 e. The SMILES string of the molecule is Cc1cccc(NC(=O)CN2C(=O)N/C(=C/c3ccccc3OCc3ccc(Br)cc3)C2=O)c1. The molecule has 0 saturated carbocycles. The molecule has 4 amide bonds. The Bertz CT molecular complexity index is 1270. The summed E-state index contributed by atoms with van der Waals surface area (Å²) >= 11 is 3.41. The van der Waals surface area contributed by atoms with Crippen LogP contribution in [-0.2, 0) is 16.2 Å². The zero-order valence-electron chi connectivity index (χ0n) is 18.4. The van der Waals surface area contributed by atoms with Gasteiger partial charge in [0.1, 0.15) is 24.6 Å². The van der Waals surface area contributed by atoms with Gasteiger partial charge in [-0.05, 0) is 54.5 Å². The number of nitrogens with zero attached hydrogens (tertiary/aromatic N) is 1. The Morgan fingerprint density at radius 3 is 2.59 bits per heavy atom. The molecule has 0 bridgehead atoms. The van der Waals surface area contributed by atoms with Crippen LogP contribution < -0.4 is 15.4 Å². The summed E-state index contributed by atoms with van der Waals surface area (Å²) in [5.41, 5.74) is 3.28. The maximum absolute atomic E-state index is 12.8. The van der Waals surface area contributed by atoms with Gasteiger partial charge in [0.05, 0.1) is 0 Å². The second kappa shape index (κ2) is 10.4. The molecule has 1 fully saturated rings. The quantitative estimate of drug-likeness (QED) is 0.344. The first-order chi connectivity index (χ1) is 16.4. The smallest absolute Gasteiger partial charge is 0.329 e. The number of hydrogen-bond donors (Lipinski definition) is 2. The van der Waals surface area contributed by atoms with Crippen LogP contribution in [0.15, 0.2) is 83.0 Å². The third-order valence-corrected chi connectivity index (χ3v) is 5.62. The van der Waals surface area contributed by atoms with Crippen molar-refractivity contribution in [2.24, 2.45) is 0 Å². The number of hydrogen-bond acceptors (Lipinski definition) is 4. The Morgan fingerprint density at radius 1 is 1.06 bits per heavy atom. The van der Waals surface area contributed by atoms with Crippen LogP contribution in [0.1, 0.15) is 16.7 Å². The lowest BCUT2D eigenvalue weighted by Crippen LogP contribution is -2.38. The average Bonchev–Trinajstić information content (AvgIpc) is 3.07. The molecule has 0 spiro atoms. The summed E-state index contributed by atoms with van der Waals surface area (Å²) < 4.78 is 6.92. The highest BCUT2D eigenvalue weighted by Crippen LogP contribution is 2.24. The Hall–Kier alpha value is -3.91. The van der Waals surface area contributed by atoms with E-state index in [1.165, 1.54) is 0 Å². The van der Waals surface area contributed by atoms with Gasteiger partial charge < -0.3 is 15.4 Å². The van der Waals surface area contributed by atoms with Crippen molar-refractivity contribution in [1.82, 2.24) is 10.2 Å². The lowest BCUT2D eigenvalue weighted by atomic mass is 10.1. The Labute approximate surface area is 205 Å². The highest BCUT2D eigenvalue weighted by Gasteiger charge is 2.35. The minimum absolute atomic E-state index is 0.0769. The molecule has 3 aromatic rings. The summed E-state index contributed by atoms with van der Waals surface area (Å²) in [5, 5.41) is 5.25. The van der Waals surface area contributed by atoms with Crippen LogP contribution in [0.3, 0.4) is 0 Å². The Kier molecular flexibility index (Phi) is 7.08. The van der Waals surface area contributed by atoms with E-state index in [9.17, 15) is 14.4 Å². The molecule has 172 valence electrons. The van der Waals surface area contributed by atoms with Gasteiger partial charge in [-0.15, -0.1) is 0 Å². The van der Waals surface area contributed by atoms with Crippen molar-refractivity contribution in [3.05, 3.63) is 99.7 Å². The van der Waals surface area contributed by atoms with Gasteiger partial charge in [0.15, 0.2) is 0 Å². The van der Waals surface area contributed by atoms with Crippen LogP contribution in [0.4, 0.5) is 10.5 Å². The molecule has 34 heavy (non-hydrogen) atoms. The first-order valence-corrected chi connectivity index (χ1v) is 11.4. The number of rotatable bonds is 7. The minimum atomic E-state index is -0.649. The Balaban J connectivity index is 1.44. The van der Waals surface area contributed by atoms with E-state index in [0.717, 1.165) is 20.5 Å². The fraction of sp³-hybridized carbons (Fsp3) is 0.115. The maximum Gasteiger partial charge on any atom is 0.329 e. The summed E-state index contributed by atoms with van der Waals surface area (Å²) in [6, 6.07) is 21.6. The molecule has 4 rings (SSSR count). The largest absolute Gasteiger partial charge is 0.488 e. The fourth-order valence-corrected chi connectivity index (χ4v) is 3.67. The fourth-order valence-electron chi connectivity index (χ4n) is 3.41. The van der Waals surface area contributed by atoms with Gasteiger partial charge >= 0.3 is 6.03 Å². The molecule has 8 heteroatoms. The standard InChI is InChI=1S/C26H22BrN3O4/c1-17-5-4-7-21(13-17)28-24(31)15-30-25(32)22(29-26(30)33)14-19-6-2-3-8-23(19)34-16-18-9-11-20(27)12-10-18/h2-14H,15-16H2,1H3,(H,28,31)(H,29,33)/b22-14+. The van der Waals surface area contributed by atoms with E-state index in [1.807, 2.05) is 55.5 Å². The highest BCUT2D eigenvalue weighted by atomic mass is 79.9. The molecular formula is C26H22BrN3O4. The molecule has 1 heterocycles. The van der Waals surface area contributed by atoms with E-state index < -0.39 is 24.4 Å². The van der Waals surface area contributed by atoms with Gasteiger partial charge in [0.2, 0.25) is 5.91 Å². The van der Waals surface area contributed by atoms with Crippen molar-refractivity contribution in [2.75, 3.05) is 11.9 Å². The van der Waals surface area contributed by atoms with Crippen molar-refractivity contribution in [3.8, 4) is 5.75 Å². The number of nitrogens with one attached hydrogen (secondary N) is 2. The number of aryl methyl sites for hydroxylation is 1. The molecule has 2 N–H and O–H groups in total. The molecule has 0 unspecified atom stereocenters. The number of para-hydroxylation sites is 1. The third-order valence-electron chi connectivity index (χ3n) is 5.09. The van der Waals surface area contributed by atoms with Crippen LogP contribution in [-0.4, -0.2) is 29.3 Å². The first kappa shape index (κ1) is 23.3. The summed E-state index contributed by atoms with van der Waals surface area (Å²) in [4.78, 5) is 38.5. The number of anilines is 1. The van der Waals surface area contributed by atoms with E-state index in [4.69, 9.17) is 4.74 Å². The van der Waals surface area contributed by atoms with Gasteiger partial charge in [-0.25, -0.2) is 9.69 Å². The van der Waals surface area contributed by atoms with Gasteiger partial charge in [0, 0.05) is 15.7 Å². The normalized spacial score (nSPS) is 14.3. The molecule has 1 aliphatic heterocycles. The number of carbonyl (C=O) groups is 3. The molecule has 7 nitrogen and oxygen atoms in total. The molecule has 3 aromatic carbocycles. The van der Waals surface area contributed by atoms with Gasteiger partial charge in [-0.3, -0.25) is 9.59 Å². The zero-order valence-corrected chi connectivity index (χ0v) is 20.0. The molecule has 1 saturated heterocycles. The average molecular weight is 520 g/mol. The summed E-state index contributed by atoms with van der Waals surface area (Å²) in [6.45, 7) is 1.86. The molecular weight excluding hydrogens is 498 g/mol. The van der Waals surface area contributed by atoms with E-state index in [1.54, 1.807) is 30.3 Å². The van der Waals surface area contributed by atoms with Crippen molar-refractivity contribution < 1.29 is 19.1 Å². The van der Waals surface area contributed by atoms with Gasteiger partial charge in [0.25, 0.3) is 5.91 Å². The van der Waals surface area contributed by atoms with Crippen molar-refractivity contribution in [3.63, 3.8) is 0 Å². The number of imide groups is 1. The number of benzene rings is 3.